The largest absolute Gasteiger partial charge is 0.490 e. The second-order valence-electron chi connectivity index (χ2n) is 7.46. The van der Waals surface area contributed by atoms with Gasteiger partial charge in [0, 0.05) is 32.4 Å². The highest BCUT2D eigenvalue weighted by Gasteiger charge is 2.43. The first-order valence-corrected chi connectivity index (χ1v) is 9.79. The predicted molar refractivity (Wildman–Crippen MR) is 105 cm³/mol. The molecule has 0 unspecified atom stereocenters. The maximum atomic E-state index is 12.5. The van der Waals surface area contributed by atoms with Crippen LogP contribution in [0.5, 0.6) is 0 Å². The number of carbonyl (C=O) groups is 3. The van der Waals surface area contributed by atoms with Crippen LogP contribution in [0, 0.1) is 11.8 Å². The summed E-state index contributed by atoms with van der Waals surface area (Å²) in [6.07, 6.45) is -0.656. The number of rotatable bonds is 4. The Hall–Kier alpha value is -3.38. The van der Waals surface area contributed by atoms with Crippen molar-refractivity contribution in [3.05, 3.63) is 18.1 Å². The molecule has 0 spiro atoms. The van der Waals surface area contributed by atoms with Gasteiger partial charge in [0.25, 0.3) is 0 Å². The van der Waals surface area contributed by atoms with Gasteiger partial charge in [0.1, 0.15) is 17.8 Å². The average molecular weight is 457 g/mol. The lowest BCUT2D eigenvalue weighted by atomic mass is 9.93. The topological polar surface area (TPSA) is 129 Å². The van der Waals surface area contributed by atoms with Crippen LogP contribution in [-0.4, -0.2) is 82.3 Å². The first-order chi connectivity index (χ1) is 15.1. The number of carbonyl (C=O) groups excluding carboxylic acids is 2. The van der Waals surface area contributed by atoms with E-state index in [1.807, 2.05) is 6.20 Å². The van der Waals surface area contributed by atoms with E-state index in [-0.39, 0.29) is 23.7 Å². The second kappa shape index (κ2) is 9.01. The first-order valence-electron chi connectivity index (χ1n) is 9.79. The maximum absolute atomic E-state index is 12.5. The summed E-state index contributed by atoms with van der Waals surface area (Å²) in [6, 6.07) is 0. The van der Waals surface area contributed by atoms with Crippen LogP contribution in [0.3, 0.4) is 0 Å². The standard InChI is InChI=1S/C17H21N5O3.C2HF3O2/c1-3-10-4-18-14-13(10)15(20-9-19-14)21-5-11(6-21)16(23)22-7-12(8-22)17(24)25-2;3-2(4,5)1(6)7/h4,9,11-12H,3,5-8H2,1-2H3,(H,18,19,20);(H,6,7). The summed E-state index contributed by atoms with van der Waals surface area (Å²) >= 11 is 0. The molecular weight excluding hydrogens is 435 g/mol. The molecule has 0 aromatic carbocycles. The fourth-order valence-electron chi connectivity index (χ4n) is 3.57. The van der Waals surface area contributed by atoms with Crippen LogP contribution in [0.4, 0.5) is 19.0 Å². The highest BCUT2D eigenvalue weighted by molar-refractivity contribution is 5.92. The molecule has 2 aromatic rings. The number of aryl methyl sites for hydroxylation is 1. The Labute approximate surface area is 180 Å². The van der Waals surface area contributed by atoms with Crippen molar-refractivity contribution in [3.8, 4) is 0 Å². The molecule has 2 aliphatic rings. The summed E-state index contributed by atoms with van der Waals surface area (Å²) in [5.41, 5.74) is 2.02. The molecule has 0 atom stereocenters. The number of methoxy groups -OCH3 is 1. The number of esters is 1. The number of aliphatic carboxylic acids is 1. The lowest BCUT2D eigenvalue weighted by Gasteiger charge is -2.45. The van der Waals surface area contributed by atoms with Gasteiger partial charge in [0.2, 0.25) is 5.91 Å². The molecule has 2 fully saturated rings. The molecule has 10 nitrogen and oxygen atoms in total. The van der Waals surface area contributed by atoms with E-state index in [0.717, 1.165) is 23.3 Å². The highest BCUT2D eigenvalue weighted by Crippen LogP contribution is 2.33. The monoisotopic (exact) mass is 457 g/mol. The molecule has 0 aliphatic carbocycles. The quantitative estimate of drug-likeness (QED) is 0.656. The summed E-state index contributed by atoms with van der Waals surface area (Å²) in [6.45, 7) is 4.34. The van der Waals surface area contributed by atoms with Crippen molar-refractivity contribution in [2.24, 2.45) is 11.8 Å². The molecule has 1 amide bonds. The van der Waals surface area contributed by atoms with Gasteiger partial charge in [-0.05, 0) is 12.0 Å². The van der Waals surface area contributed by atoms with E-state index < -0.39 is 12.1 Å². The van der Waals surface area contributed by atoms with Gasteiger partial charge in [-0.25, -0.2) is 14.8 Å². The van der Waals surface area contributed by atoms with Gasteiger partial charge in [-0.2, -0.15) is 13.2 Å². The number of amides is 1. The van der Waals surface area contributed by atoms with Gasteiger partial charge in [0.15, 0.2) is 0 Å². The zero-order valence-electron chi connectivity index (χ0n) is 17.3. The summed E-state index contributed by atoms with van der Waals surface area (Å²) in [4.78, 5) is 48.6. The van der Waals surface area contributed by atoms with Gasteiger partial charge < -0.3 is 24.6 Å². The van der Waals surface area contributed by atoms with Gasteiger partial charge in [0.05, 0.1) is 24.3 Å². The van der Waals surface area contributed by atoms with Crippen molar-refractivity contribution in [1.29, 1.82) is 0 Å². The number of H-pyrrole nitrogens is 1. The van der Waals surface area contributed by atoms with Crippen LogP contribution in [0.2, 0.25) is 0 Å². The Kier molecular flexibility index (Phi) is 6.55. The third kappa shape index (κ3) is 4.60. The third-order valence-electron chi connectivity index (χ3n) is 5.41. The number of fused-ring (bicyclic) bond motifs is 1. The zero-order chi connectivity index (χ0) is 23.6. The van der Waals surface area contributed by atoms with E-state index in [1.54, 1.807) is 11.2 Å². The molecule has 2 aromatic heterocycles. The number of hydrogen-bond acceptors (Lipinski definition) is 7. The summed E-state index contributed by atoms with van der Waals surface area (Å²) < 4.78 is 36.4. The Morgan fingerprint density at radius 2 is 1.81 bits per heavy atom. The van der Waals surface area contributed by atoms with E-state index in [0.29, 0.717) is 26.2 Å². The molecule has 4 rings (SSSR count). The smallest absolute Gasteiger partial charge is 0.475 e. The minimum atomic E-state index is -5.08. The van der Waals surface area contributed by atoms with Crippen molar-refractivity contribution >= 4 is 34.7 Å². The Balaban J connectivity index is 0.000000360. The predicted octanol–water partition coefficient (Wildman–Crippen LogP) is 1.22. The summed E-state index contributed by atoms with van der Waals surface area (Å²) in [5.74, 6) is -2.18. The maximum Gasteiger partial charge on any atom is 0.490 e. The van der Waals surface area contributed by atoms with E-state index in [4.69, 9.17) is 14.6 Å². The van der Waals surface area contributed by atoms with Gasteiger partial charge in [-0.15, -0.1) is 0 Å². The lowest BCUT2D eigenvalue weighted by Crippen LogP contribution is -2.61. The number of ether oxygens (including phenoxy) is 1. The average Bonchev–Trinajstić information content (AvgIpc) is 3.09. The van der Waals surface area contributed by atoms with Crippen LogP contribution < -0.4 is 4.90 Å². The number of carboxylic acid groups (broad SMARTS) is 1. The molecule has 2 N–H and O–H groups in total. The number of anilines is 1. The van der Waals surface area contributed by atoms with Gasteiger partial charge in [-0.1, -0.05) is 6.92 Å². The molecule has 0 saturated carbocycles. The van der Waals surface area contributed by atoms with Crippen LogP contribution in [0.25, 0.3) is 11.0 Å². The summed E-state index contributed by atoms with van der Waals surface area (Å²) in [5, 5.41) is 8.17. The minimum Gasteiger partial charge on any atom is -0.475 e. The molecule has 2 aliphatic heterocycles. The number of hydrogen-bond donors (Lipinski definition) is 2. The van der Waals surface area contributed by atoms with Gasteiger partial charge in [-0.3, -0.25) is 9.59 Å². The fraction of sp³-hybridized carbons (Fsp3) is 0.526. The number of halogens is 3. The van der Waals surface area contributed by atoms with E-state index in [2.05, 4.69) is 26.8 Å². The molecule has 4 heterocycles. The number of alkyl halides is 3. The molecule has 174 valence electrons. The van der Waals surface area contributed by atoms with Crippen LogP contribution in [0.1, 0.15) is 12.5 Å². The first kappa shape index (κ1) is 23.3. The van der Waals surface area contributed by atoms with Crippen LogP contribution in [-0.2, 0) is 25.5 Å². The highest BCUT2D eigenvalue weighted by atomic mass is 19.4. The zero-order valence-corrected chi connectivity index (χ0v) is 17.3. The second-order valence-corrected chi connectivity index (χ2v) is 7.46. The Morgan fingerprint density at radius 3 is 2.34 bits per heavy atom. The van der Waals surface area contributed by atoms with Crippen molar-refractivity contribution < 1.29 is 37.4 Å². The van der Waals surface area contributed by atoms with E-state index in [9.17, 15) is 22.8 Å². The minimum absolute atomic E-state index is 0.0346. The van der Waals surface area contributed by atoms with E-state index >= 15 is 0 Å². The molecule has 13 heteroatoms. The van der Waals surface area contributed by atoms with Crippen LogP contribution in [0.15, 0.2) is 12.5 Å². The molecular formula is C19H22F3N5O5. The lowest BCUT2D eigenvalue weighted by molar-refractivity contribution is -0.192. The number of carboxylic acids is 1. The molecule has 32 heavy (non-hydrogen) atoms. The molecule has 2 saturated heterocycles. The Bertz CT molecular complexity index is 1010. The van der Waals surface area contributed by atoms with Crippen molar-refractivity contribution in [3.63, 3.8) is 0 Å². The molecule has 0 bridgehead atoms. The third-order valence-corrected chi connectivity index (χ3v) is 5.41. The number of aromatic amines is 1. The SMILES string of the molecule is CCc1c[nH]c2ncnc(N3CC(C(=O)N4CC(C(=O)OC)C4)C3)c12.O=C(O)C(F)(F)F. The van der Waals surface area contributed by atoms with Crippen molar-refractivity contribution in [2.75, 3.05) is 38.2 Å². The summed E-state index contributed by atoms with van der Waals surface area (Å²) in [7, 11) is 1.38. The van der Waals surface area contributed by atoms with E-state index in [1.165, 1.54) is 12.7 Å². The normalized spacial score (nSPS) is 16.7. The van der Waals surface area contributed by atoms with Crippen molar-refractivity contribution in [1.82, 2.24) is 19.9 Å². The number of likely N-dealkylation sites (tertiary alicyclic amines) is 1. The van der Waals surface area contributed by atoms with Gasteiger partial charge >= 0.3 is 18.1 Å². The molecule has 0 radical (unpaired) electrons. The Morgan fingerprint density at radius 1 is 1.19 bits per heavy atom. The number of aromatic nitrogens is 3. The van der Waals surface area contributed by atoms with Crippen LogP contribution >= 0.6 is 0 Å². The number of nitrogens with zero attached hydrogens (tertiary/aromatic N) is 4. The van der Waals surface area contributed by atoms with Crippen molar-refractivity contribution in [2.45, 2.75) is 19.5 Å². The fourth-order valence-corrected chi connectivity index (χ4v) is 3.57. The number of nitrogens with one attached hydrogen (secondary N) is 1.